The molecule has 10 nitrogen and oxygen atoms in total. The fourth-order valence-corrected chi connectivity index (χ4v) is 7.59. The van der Waals surface area contributed by atoms with E-state index in [1.165, 1.54) is 4.57 Å². The zero-order chi connectivity index (χ0) is 40.2. The third kappa shape index (κ3) is 5.67. The third-order valence-corrected chi connectivity index (χ3v) is 10.5. The van der Waals surface area contributed by atoms with E-state index < -0.39 is 56.8 Å². The standard InChI is InChI=1S/C48H34N2O8/c51-41-37-38-40(44(54)48(58)46(56)42(38)52)50(39(37)43(53)47(57)45(41)55)36-13-7-12-32(26-36)31-18-24-35(25-19-31)49(33-20-14-29(15-21-33)27-8-3-1-4-9-27)34-22-16-30(17-23-34)28-10-5-2-6-11-28/h1-26,51-58H. The Hall–Kier alpha value is -8.24. The highest BCUT2D eigenvalue weighted by molar-refractivity contribution is 6.21. The quantitative estimate of drug-likeness (QED) is 0.0581. The summed E-state index contributed by atoms with van der Waals surface area (Å²) in [4.78, 5) is 2.16. The van der Waals surface area contributed by atoms with Crippen molar-refractivity contribution in [2.24, 2.45) is 0 Å². The van der Waals surface area contributed by atoms with E-state index in [0.29, 0.717) is 5.56 Å². The lowest BCUT2D eigenvalue weighted by Crippen LogP contribution is -2.09. The third-order valence-electron chi connectivity index (χ3n) is 10.5. The van der Waals surface area contributed by atoms with Crippen molar-refractivity contribution in [1.29, 1.82) is 0 Å². The number of rotatable bonds is 7. The SMILES string of the molecule is Oc1c(O)c(O)c2c(c1O)c1c(O)c(O)c(O)c(O)c1n2-c1cccc(-c2ccc(N(c3ccc(-c4ccccc4)cc3)c3ccc(-c4ccccc4)cc3)cc2)c1. The van der Waals surface area contributed by atoms with Gasteiger partial charge in [0.1, 0.15) is 11.0 Å². The highest BCUT2D eigenvalue weighted by atomic mass is 16.4. The van der Waals surface area contributed by atoms with Gasteiger partial charge in [-0.15, -0.1) is 0 Å². The number of nitrogens with zero attached hydrogens (tertiary/aromatic N) is 2. The number of benzene rings is 8. The molecule has 9 rings (SSSR count). The van der Waals surface area contributed by atoms with E-state index in [1.807, 2.05) is 66.7 Å². The van der Waals surface area contributed by atoms with Gasteiger partial charge in [-0.1, -0.05) is 109 Å². The molecule has 1 aromatic heterocycles. The Bertz CT molecular complexity index is 2840. The fraction of sp³-hybridized carbons (Fsp3) is 0. The molecule has 284 valence electrons. The molecule has 10 heteroatoms. The Morgan fingerprint density at radius 2 is 0.621 bits per heavy atom. The van der Waals surface area contributed by atoms with Crippen LogP contribution in [0.2, 0.25) is 0 Å². The van der Waals surface area contributed by atoms with Gasteiger partial charge in [-0.2, -0.15) is 0 Å². The van der Waals surface area contributed by atoms with Crippen molar-refractivity contribution in [3.63, 3.8) is 0 Å². The Morgan fingerprint density at radius 3 is 1.02 bits per heavy atom. The normalized spacial score (nSPS) is 11.3. The summed E-state index contributed by atoms with van der Waals surface area (Å²) in [5, 5.41) is 85.1. The van der Waals surface area contributed by atoms with Crippen LogP contribution >= 0.6 is 0 Å². The van der Waals surface area contributed by atoms with Gasteiger partial charge in [0.05, 0.1) is 10.8 Å². The molecule has 0 unspecified atom stereocenters. The molecule has 0 aliphatic rings. The summed E-state index contributed by atoms with van der Waals surface area (Å²) in [6, 6.07) is 51.9. The molecule has 0 saturated carbocycles. The number of aromatic nitrogens is 1. The highest BCUT2D eigenvalue weighted by Crippen LogP contribution is 2.59. The molecule has 0 fully saturated rings. The van der Waals surface area contributed by atoms with E-state index in [2.05, 4.69) is 77.7 Å². The maximum atomic E-state index is 11.1. The topological polar surface area (TPSA) is 170 Å². The lowest BCUT2D eigenvalue weighted by atomic mass is 10.0. The Balaban J connectivity index is 1.15. The predicted molar refractivity (Wildman–Crippen MR) is 225 cm³/mol. The zero-order valence-corrected chi connectivity index (χ0v) is 30.5. The molecule has 0 aliphatic carbocycles. The van der Waals surface area contributed by atoms with Crippen molar-refractivity contribution in [2.75, 3.05) is 4.90 Å². The molecule has 8 N–H and O–H groups in total. The average Bonchev–Trinajstić information content (AvgIpc) is 3.64. The van der Waals surface area contributed by atoms with Crippen molar-refractivity contribution in [3.8, 4) is 85.1 Å². The minimum atomic E-state index is -1.09. The minimum absolute atomic E-state index is 0.264. The van der Waals surface area contributed by atoms with Gasteiger partial charge in [-0.3, -0.25) is 0 Å². The van der Waals surface area contributed by atoms with Gasteiger partial charge in [-0.25, -0.2) is 0 Å². The van der Waals surface area contributed by atoms with Crippen LogP contribution in [-0.4, -0.2) is 45.4 Å². The smallest absolute Gasteiger partial charge is 0.206 e. The number of phenolic OH excluding ortho intramolecular Hbond substituents is 8. The molecule has 8 aromatic carbocycles. The summed E-state index contributed by atoms with van der Waals surface area (Å²) < 4.78 is 1.20. The predicted octanol–water partition coefficient (Wildman–Crippen LogP) is 10.9. The summed E-state index contributed by atoms with van der Waals surface area (Å²) in [5.74, 6) is -7.92. The van der Waals surface area contributed by atoms with Crippen molar-refractivity contribution in [2.45, 2.75) is 0 Å². The molecule has 0 radical (unpaired) electrons. The van der Waals surface area contributed by atoms with Crippen LogP contribution in [0.3, 0.4) is 0 Å². The average molecular weight is 767 g/mol. The Morgan fingerprint density at radius 1 is 0.293 bits per heavy atom. The Kier molecular flexibility index (Phi) is 8.44. The second-order valence-corrected chi connectivity index (χ2v) is 13.8. The molecular weight excluding hydrogens is 733 g/mol. The maximum Gasteiger partial charge on any atom is 0.206 e. The number of hydrogen-bond acceptors (Lipinski definition) is 9. The van der Waals surface area contributed by atoms with Crippen molar-refractivity contribution in [1.82, 2.24) is 4.57 Å². The molecule has 0 bridgehead atoms. The molecule has 0 atom stereocenters. The van der Waals surface area contributed by atoms with Crippen LogP contribution in [0.4, 0.5) is 17.1 Å². The van der Waals surface area contributed by atoms with E-state index in [4.69, 9.17) is 0 Å². The first-order chi connectivity index (χ1) is 28.1. The van der Waals surface area contributed by atoms with E-state index in [9.17, 15) is 40.9 Å². The van der Waals surface area contributed by atoms with Crippen LogP contribution < -0.4 is 4.90 Å². The molecule has 9 aromatic rings. The molecule has 0 amide bonds. The number of hydrogen-bond donors (Lipinski definition) is 8. The van der Waals surface area contributed by atoms with Crippen molar-refractivity contribution >= 4 is 38.9 Å². The summed E-state index contributed by atoms with van der Waals surface area (Å²) in [6.45, 7) is 0. The van der Waals surface area contributed by atoms with Gasteiger partial charge in [0.15, 0.2) is 23.0 Å². The highest BCUT2D eigenvalue weighted by Gasteiger charge is 2.32. The molecule has 0 spiro atoms. The van der Waals surface area contributed by atoms with Gasteiger partial charge < -0.3 is 50.3 Å². The largest absolute Gasteiger partial charge is 0.504 e. The summed E-state index contributed by atoms with van der Waals surface area (Å²) >= 11 is 0. The number of fused-ring (bicyclic) bond motifs is 3. The first kappa shape index (κ1) is 35.5. The molecule has 1 heterocycles. The molecule has 0 saturated heterocycles. The van der Waals surface area contributed by atoms with E-state index in [1.54, 1.807) is 18.2 Å². The molecule has 58 heavy (non-hydrogen) atoms. The van der Waals surface area contributed by atoms with Gasteiger partial charge in [0, 0.05) is 22.7 Å². The lowest BCUT2D eigenvalue weighted by molar-refractivity contribution is 0.350. The lowest BCUT2D eigenvalue weighted by Gasteiger charge is -2.26. The van der Waals surface area contributed by atoms with E-state index in [0.717, 1.165) is 44.9 Å². The molecular formula is C48H34N2O8. The maximum absolute atomic E-state index is 11.1. The van der Waals surface area contributed by atoms with Gasteiger partial charge in [0.25, 0.3) is 0 Å². The van der Waals surface area contributed by atoms with Crippen molar-refractivity contribution in [3.05, 3.63) is 158 Å². The summed E-state index contributed by atoms with van der Waals surface area (Å²) in [5.41, 5.74) is 8.28. The fourth-order valence-electron chi connectivity index (χ4n) is 7.59. The van der Waals surface area contributed by atoms with Gasteiger partial charge in [0.2, 0.25) is 23.0 Å². The van der Waals surface area contributed by atoms with Gasteiger partial charge in [-0.05, 0) is 81.9 Å². The van der Waals surface area contributed by atoms with Crippen LogP contribution in [0.25, 0.3) is 60.9 Å². The van der Waals surface area contributed by atoms with Gasteiger partial charge >= 0.3 is 0 Å². The first-order valence-electron chi connectivity index (χ1n) is 18.2. The molecule has 0 aliphatic heterocycles. The number of phenols is 8. The second-order valence-electron chi connectivity index (χ2n) is 13.8. The number of aromatic hydroxyl groups is 8. The first-order valence-corrected chi connectivity index (χ1v) is 18.2. The minimum Gasteiger partial charge on any atom is -0.504 e. The zero-order valence-electron chi connectivity index (χ0n) is 30.5. The van der Waals surface area contributed by atoms with Crippen molar-refractivity contribution < 1.29 is 40.9 Å². The summed E-state index contributed by atoms with van der Waals surface area (Å²) in [7, 11) is 0. The van der Waals surface area contributed by atoms with Crippen LogP contribution in [0.15, 0.2) is 158 Å². The monoisotopic (exact) mass is 766 g/mol. The second kappa shape index (κ2) is 13.8. The van der Waals surface area contributed by atoms with E-state index in [-0.39, 0.29) is 16.7 Å². The Labute approximate surface area is 331 Å². The van der Waals surface area contributed by atoms with Crippen LogP contribution in [0.1, 0.15) is 0 Å². The van der Waals surface area contributed by atoms with Crippen LogP contribution in [0.5, 0.6) is 46.0 Å². The van der Waals surface area contributed by atoms with Crippen LogP contribution in [0, 0.1) is 0 Å². The number of anilines is 3. The van der Waals surface area contributed by atoms with E-state index >= 15 is 0 Å². The van der Waals surface area contributed by atoms with Crippen LogP contribution in [-0.2, 0) is 0 Å². The summed E-state index contributed by atoms with van der Waals surface area (Å²) in [6.07, 6.45) is 0.